The van der Waals surface area contributed by atoms with Gasteiger partial charge < -0.3 is 37.6 Å². The van der Waals surface area contributed by atoms with Crippen molar-refractivity contribution >= 4 is 47.3 Å². The molecule has 0 aromatic heterocycles. The summed E-state index contributed by atoms with van der Waals surface area (Å²) in [6.45, 7) is -0.781. The number of rotatable bonds is 15. The Morgan fingerprint density at radius 1 is 0.900 bits per heavy atom. The molecule has 3 atom stereocenters. The second-order valence-corrected chi connectivity index (χ2v) is 7.21. The molecule has 0 aromatic rings. The number of carbonyl (C=O) groups is 6. The Kier molecular flexibility index (Phi) is 12.8. The van der Waals surface area contributed by atoms with Crippen LogP contribution >= 0.6 is 11.8 Å². The predicted molar refractivity (Wildman–Crippen MR) is 106 cm³/mol. The average Bonchev–Trinajstić information content (AvgIpc) is 2.65. The van der Waals surface area contributed by atoms with Crippen molar-refractivity contribution in [1.82, 2.24) is 16.0 Å². The van der Waals surface area contributed by atoms with Gasteiger partial charge in [-0.25, -0.2) is 0 Å². The molecule has 0 aliphatic heterocycles. The second-order valence-electron chi connectivity index (χ2n) is 6.22. The number of hydrogen-bond acceptors (Lipinski definition) is 8. The van der Waals surface area contributed by atoms with E-state index in [-0.39, 0.29) is 12.8 Å². The lowest BCUT2D eigenvalue weighted by atomic mass is 10.1. The lowest BCUT2D eigenvalue weighted by molar-refractivity contribution is -0.141. The fourth-order valence-electron chi connectivity index (χ4n) is 2.15. The maximum atomic E-state index is 12.6. The molecular weight excluding hydrogens is 422 g/mol. The summed E-state index contributed by atoms with van der Waals surface area (Å²) < 4.78 is 0. The standard InChI is InChI=1S/C16H27N5O8S/c1-30-5-4-8(17)14(27)20-9(2-3-11(18)22)16(29)21-10(6-12(23)24)15(28)19-7-13(25)26/h8-10H,2-7,17H2,1H3,(H2,18,22)(H,19,28)(H,20,27)(H,21,29)(H,23,24)(H,25,26). The van der Waals surface area contributed by atoms with Crippen LogP contribution in [0.3, 0.4) is 0 Å². The fourth-order valence-corrected chi connectivity index (χ4v) is 2.64. The van der Waals surface area contributed by atoms with E-state index in [2.05, 4.69) is 10.6 Å². The number of thioether (sulfide) groups is 1. The number of carboxylic acid groups (broad SMARTS) is 2. The third kappa shape index (κ3) is 11.9. The third-order valence-electron chi connectivity index (χ3n) is 3.71. The molecule has 4 amide bonds. The molecule has 0 spiro atoms. The summed E-state index contributed by atoms with van der Waals surface area (Å²) in [5, 5.41) is 24.0. The Bertz CT molecular complexity index is 660. The van der Waals surface area contributed by atoms with Crippen LogP contribution in [-0.4, -0.2) is 82.5 Å². The predicted octanol–water partition coefficient (Wildman–Crippen LogP) is -3.02. The number of aliphatic carboxylic acids is 2. The monoisotopic (exact) mass is 449 g/mol. The van der Waals surface area contributed by atoms with Gasteiger partial charge >= 0.3 is 11.9 Å². The average molecular weight is 449 g/mol. The summed E-state index contributed by atoms with van der Waals surface area (Å²) in [5.74, 6) is -5.59. The van der Waals surface area contributed by atoms with E-state index in [1.165, 1.54) is 11.8 Å². The van der Waals surface area contributed by atoms with Crippen LogP contribution in [0.15, 0.2) is 0 Å². The molecule has 14 heteroatoms. The third-order valence-corrected chi connectivity index (χ3v) is 4.35. The van der Waals surface area contributed by atoms with Crippen molar-refractivity contribution in [2.24, 2.45) is 11.5 Å². The molecule has 3 unspecified atom stereocenters. The molecule has 9 N–H and O–H groups in total. The number of primary amides is 1. The minimum absolute atomic E-state index is 0.210. The van der Waals surface area contributed by atoms with Crippen molar-refractivity contribution in [1.29, 1.82) is 0 Å². The number of hydrogen-bond donors (Lipinski definition) is 7. The van der Waals surface area contributed by atoms with Gasteiger partial charge in [0, 0.05) is 6.42 Å². The van der Waals surface area contributed by atoms with Gasteiger partial charge in [0.05, 0.1) is 12.5 Å². The van der Waals surface area contributed by atoms with Gasteiger partial charge in [0.1, 0.15) is 18.6 Å². The van der Waals surface area contributed by atoms with Crippen LogP contribution in [0, 0.1) is 0 Å². The van der Waals surface area contributed by atoms with Crippen LogP contribution in [0.1, 0.15) is 25.7 Å². The second kappa shape index (κ2) is 14.2. The van der Waals surface area contributed by atoms with Crippen LogP contribution in [0.25, 0.3) is 0 Å². The van der Waals surface area contributed by atoms with E-state index in [4.69, 9.17) is 21.7 Å². The minimum Gasteiger partial charge on any atom is -0.481 e. The highest BCUT2D eigenvalue weighted by Crippen LogP contribution is 2.04. The fraction of sp³-hybridized carbons (Fsp3) is 0.625. The first-order valence-electron chi connectivity index (χ1n) is 8.82. The maximum absolute atomic E-state index is 12.6. The first kappa shape index (κ1) is 27.1. The lowest BCUT2D eigenvalue weighted by Crippen LogP contribution is -2.56. The summed E-state index contributed by atoms with van der Waals surface area (Å²) in [6.07, 6.45) is 0.842. The van der Waals surface area contributed by atoms with Crippen LogP contribution in [0.5, 0.6) is 0 Å². The van der Waals surface area contributed by atoms with Crippen LogP contribution < -0.4 is 27.4 Å². The Labute approximate surface area is 176 Å². The Morgan fingerprint density at radius 2 is 1.50 bits per heavy atom. The molecule has 0 heterocycles. The molecule has 30 heavy (non-hydrogen) atoms. The molecule has 0 bridgehead atoms. The molecule has 0 saturated heterocycles. The molecule has 0 aliphatic rings. The Balaban J connectivity index is 5.28. The van der Waals surface area contributed by atoms with Gasteiger partial charge in [-0.15, -0.1) is 0 Å². The highest BCUT2D eigenvalue weighted by molar-refractivity contribution is 7.98. The van der Waals surface area contributed by atoms with Crippen LogP contribution in [0.2, 0.25) is 0 Å². The van der Waals surface area contributed by atoms with E-state index >= 15 is 0 Å². The molecule has 0 fully saturated rings. The molecular formula is C16H27N5O8S. The topological polar surface area (TPSA) is 231 Å². The van der Waals surface area contributed by atoms with Crippen molar-refractivity contribution in [3.8, 4) is 0 Å². The Morgan fingerprint density at radius 3 is 2.00 bits per heavy atom. The quantitative estimate of drug-likeness (QED) is 0.134. The van der Waals surface area contributed by atoms with E-state index in [0.717, 1.165) is 0 Å². The summed E-state index contributed by atoms with van der Waals surface area (Å²) in [6, 6.07) is -3.84. The number of amides is 4. The summed E-state index contributed by atoms with van der Waals surface area (Å²) in [4.78, 5) is 69.4. The Hall–Kier alpha value is -2.87. The largest absolute Gasteiger partial charge is 0.481 e. The SMILES string of the molecule is CSCCC(N)C(=O)NC(CCC(N)=O)C(=O)NC(CC(=O)O)C(=O)NCC(=O)O. The summed E-state index contributed by atoms with van der Waals surface area (Å²) in [7, 11) is 0. The summed E-state index contributed by atoms with van der Waals surface area (Å²) >= 11 is 1.47. The van der Waals surface area contributed by atoms with Crippen molar-refractivity contribution in [2.45, 2.75) is 43.8 Å². The molecule has 170 valence electrons. The lowest BCUT2D eigenvalue weighted by Gasteiger charge is -2.23. The van der Waals surface area contributed by atoms with Crippen molar-refractivity contribution in [3.63, 3.8) is 0 Å². The van der Waals surface area contributed by atoms with E-state index in [1.807, 2.05) is 11.6 Å². The molecule has 0 saturated carbocycles. The van der Waals surface area contributed by atoms with Gasteiger partial charge in [-0.2, -0.15) is 11.8 Å². The smallest absolute Gasteiger partial charge is 0.322 e. The number of carboxylic acids is 2. The van der Waals surface area contributed by atoms with Gasteiger partial charge in [-0.1, -0.05) is 0 Å². The van der Waals surface area contributed by atoms with Crippen molar-refractivity contribution < 1.29 is 39.0 Å². The first-order valence-corrected chi connectivity index (χ1v) is 10.2. The molecule has 13 nitrogen and oxygen atoms in total. The zero-order valence-electron chi connectivity index (χ0n) is 16.4. The highest BCUT2D eigenvalue weighted by Gasteiger charge is 2.29. The highest BCUT2D eigenvalue weighted by atomic mass is 32.2. The number of carbonyl (C=O) groups excluding carboxylic acids is 4. The summed E-state index contributed by atoms with van der Waals surface area (Å²) in [5.41, 5.74) is 10.8. The van der Waals surface area contributed by atoms with E-state index in [1.54, 1.807) is 0 Å². The molecule has 0 rings (SSSR count). The molecule has 0 radical (unpaired) electrons. The molecule has 0 aromatic carbocycles. The van der Waals surface area contributed by atoms with E-state index < -0.39 is 66.7 Å². The van der Waals surface area contributed by atoms with Crippen molar-refractivity contribution in [2.75, 3.05) is 18.6 Å². The normalized spacial score (nSPS) is 13.4. The maximum Gasteiger partial charge on any atom is 0.322 e. The van der Waals surface area contributed by atoms with E-state index in [9.17, 15) is 28.8 Å². The first-order chi connectivity index (χ1) is 14.0. The van der Waals surface area contributed by atoms with Gasteiger partial charge in [-0.05, 0) is 24.9 Å². The van der Waals surface area contributed by atoms with Crippen LogP contribution in [0.4, 0.5) is 0 Å². The van der Waals surface area contributed by atoms with Crippen LogP contribution in [-0.2, 0) is 28.8 Å². The number of nitrogens with two attached hydrogens (primary N) is 2. The molecule has 0 aliphatic carbocycles. The zero-order valence-corrected chi connectivity index (χ0v) is 17.2. The number of nitrogens with one attached hydrogen (secondary N) is 3. The van der Waals surface area contributed by atoms with Crippen molar-refractivity contribution in [3.05, 3.63) is 0 Å². The zero-order chi connectivity index (χ0) is 23.3. The van der Waals surface area contributed by atoms with Gasteiger partial charge in [0.25, 0.3) is 0 Å². The van der Waals surface area contributed by atoms with Gasteiger partial charge in [-0.3, -0.25) is 28.8 Å². The minimum atomic E-state index is -1.60. The van der Waals surface area contributed by atoms with E-state index in [0.29, 0.717) is 12.2 Å². The van der Waals surface area contributed by atoms with Gasteiger partial charge in [0.15, 0.2) is 0 Å². The van der Waals surface area contributed by atoms with Gasteiger partial charge in [0.2, 0.25) is 23.6 Å².